The van der Waals surface area contributed by atoms with Crippen LogP contribution in [0.5, 0.6) is 5.75 Å². The van der Waals surface area contributed by atoms with Gasteiger partial charge in [-0.3, -0.25) is 9.88 Å². The fourth-order valence-corrected chi connectivity index (χ4v) is 2.80. The van der Waals surface area contributed by atoms with Gasteiger partial charge < -0.3 is 25.1 Å². The highest BCUT2D eigenvalue weighted by Gasteiger charge is 2.34. The van der Waals surface area contributed by atoms with Gasteiger partial charge >= 0.3 is 7.75 Å². The third-order valence-corrected chi connectivity index (χ3v) is 3.77. The number of nitrogens with one attached hydrogen (secondary N) is 1. The average Bonchev–Trinajstić information content (AvgIpc) is 2.39. The van der Waals surface area contributed by atoms with Crippen molar-refractivity contribution in [3.05, 3.63) is 53.3 Å². The van der Waals surface area contributed by atoms with Gasteiger partial charge in [-0.05, 0) is 29.8 Å². The summed E-state index contributed by atoms with van der Waals surface area (Å²) in [5, 5.41) is 31.7. The van der Waals surface area contributed by atoms with Gasteiger partial charge in [0.2, 0.25) is 0 Å². The van der Waals surface area contributed by atoms with Crippen molar-refractivity contribution in [2.75, 3.05) is 0 Å². The van der Waals surface area contributed by atoms with Crippen molar-refractivity contribution >= 4 is 13.5 Å². The van der Waals surface area contributed by atoms with E-state index in [1.807, 2.05) is 5.09 Å². The Bertz CT molecular complexity index is 715. The average molecular weight is 341 g/mol. The van der Waals surface area contributed by atoms with E-state index in [1.165, 1.54) is 24.3 Å². The zero-order valence-electron chi connectivity index (χ0n) is 11.9. The number of aliphatic hydroxyl groups is 2. The molecule has 1 aromatic rings. The number of hydrogen-bond acceptors (Lipinski definition) is 5. The van der Waals surface area contributed by atoms with Crippen LogP contribution >= 0.6 is 7.75 Å². The molecule has 8 nitrogen and oxygen atoms in total. The van der Waals surface area contributed by atoms with Crippen LogP contribution in [0, 0.1) is 0 Å². The molecule has 0 atom stereocenters. The zero-order valence-corrected chi connectivity index (χ0v) is 12.8. The van der Waals surface area contributed by atoms with Gasteiger partial charge in [0.15, 0.2) is 11.6 Å². The Morgan fingerprint density at radius 3 is 2.30 bits per heavy atom. The van der Waals surface area contributed by atoms with Gasteiger partial charge in [0, 0.05) is 17.7 Å². The number of hydrogen-bond donors (Lipinski definition) is 6. The number of phenolic OH excluding ortho intramolecular Hbond substituents is 1. The summed E-state index contributed by atoms with van der Waals surface area (Å²) in [6.45, 7) is 0. The van der Waals surface area contributed by atoms with Gasteiger partial charge in [0.05, 0.1) is 6.42 Å². The first-order valence-electron chi connectivity index (χ1n) is 6.58. The fourth-order valence-electron chi connectivity index (χ4n) is 2.25. The number of carbonyl (C=O) groups is 1. The highest BCUT2D eigenvalue weighted by atomic mass is 31.2. The van der Waals surface area contributed by atoms with Crippen molar-refractivity contribution in [1.29, 1.82) is 0 Å². The molecule has 0 radical (unpaired) electrons. The molecular weight excluding hydrogens is 325 g/mol. The molecule has 0 fully saturated rings. The Labute approximate surface area is 131 Å². The van der Waals surface area contributed by atoms with Gasteiger partial charge in [0.1, 0.15) is 5.75 Å². The number of carbonyl (C=O) groups excluding carboxylic acids is 1. The van der Waals surface area contributed by atoms with Crippen LogP contribution in [0.25, 0.3) is 0 Å². The summed E-state index contributed by atoms with van der Waals surface area (Å²) in [5.74, 6) is -2.86. The Morgan fingerprint density at radius 2 is 1.74 bits per heavy atom. The summed E-state index contributed by atoms with van der Waals surface area (Å²) in [6.07, 6.45) is 1.55. The summed E-state index contributed by atoms with van der Waals surface area (Å²) < 4.78 is 11.1. The molecule has 0 spiro atoms. The quantitative estimate of drug-likeness (QED) is 0.326. The van der Waals surface area contributed by atoms with E-state index >= 15 is 0 Å². The Morgan fingerprint density at radius 1 is 1.13 bits per heavy atom. The molecule has 1 aromatic carbocycles. The van der Waals surface area contributed by atoms with Gasteiger partial charge in [-0.1, -0.05) is 12.1 Å². The normalized spacial score (nSPS) is 15.9. The molecule has 1 aliphatic carbocycles. The maximum Gasteiger partial charge on any atom is 0.427 e. The van der Waals surface area contributed by atoms with E-state index in [0.29, 0.717) is 5.56 Å². The molecule has 0 aromatic heterocycles. The molecule has 124 valence electrons. The van der Waals surface area contributed by atoms with Crippen LogP contribution in [0.3, 0.4) is 0 Å². The molecule has 0 unspecified atom stereocenters. The molecule has 0 saturated heterocycles. The van der Waals surface area contributed by atoms with Crippen molar-refractivity contribution in [3.63, 3.8) is 0 Å². The van der Waals surface area contributed by atoms with Crippen molar-refractivity contribution < 1.29 is 34.5 Å². The van der Waals surface area contributed by atoms with E-state index < -0.39 is 19.3 Å². The van der Waals surface area contributed by atoms with Crippen molar-refractivity contribution in [2.45, 2.75) is 18.6 Å². The van der Waals surface area contributed by atoms with Crippen LogP contribution in [0.15, 0.2) is 47.7 Å². The highest BCUT2D eigenvalue weighted by Crippen LogP contribution is 2.35. The first kappa shape index (κ1) is 17.4. The van der Waals surface area contributed by atoms with E-state index in [-0.39, 0.29) is 29.9 Å². The maximum atomic E-state index is 11.4. The minimum Gasteiger partial charge on any atom is -0.508 e. The van der Waals surface area contributed by atoms with Crippen LogP contribution in [0.4, 0.5) is 0 Å². The van der Waals surface area contributed by atoms with Crippen LogP contribution in [-0.2, 0) is 15.8 Å². The number of aromatic hydroxyl groups is 1. The lowest BCUT2D eigenvalue weighted by Gasteiger charge is -2.28. The molecule has 0 saturated carbocycles. The first-order chi connectivity index (χ1) is 10.6. The lowest BCUT2D eigenvalue weighted by atomic mass is 9.91. The summed E-state index contributed by atoms with van der Waals surface area (Å²) in [5.41, 5.74) is 0.0317. The summed E-state index contributed by atoms with van der Waals surface area (Å²) in [6, 6.07) is 5.69. The lowest BCUT2D eigenvalue weighted by Crippen LogP contribution is -2.36. The van der Waals surface area contributed by atoms with E-state index in [4.69, 9.17) is 9.79 Å². The zero-order chi connectivity index (χ0) is 17.3. The molecule has 0 aliphatic heterocycles. The van der Waals surface area contributed by atoms with Gasteiger partial charge in [0.25, 0.3) is 0 Å². The largest absolute Gasteiger partial charge is 0.508 e. The van der Waals surface area contributed by atoms with Crippen molar-refractivity contribution in [1.82, 2.24) is 5.09 Å². The molecule has 0 bridgehead atoms. The summed E-state index contributed by atoms with van der Waals surface area (Å²) in [7, 11) is -4.71. The smallest absolute Gasteiger partial charge is 0.427 e. The van der Waals surface area contributed by atoms with Gasteiger partial charge in [-0.15, -0.1) is 0 Å². The third-order valence-electron chi connectivity index (χ3n) is 3.21. The molecule has 1 aliphatic rings. The number of benzene rings is 1. The van der Waals surface area contributed by atoms with E-state index in [2.05, 4.69) is 0 Å². The van der Waals surface area contributed by atoms with Crippen LogP contribution in [-0.4, -0.2) is 36.7 Å². The number of phenols is 1. The first-order valence-corrected chi connectivity index (χ1v) is 8.19. The topological polar surface area (TPSA) is 147 Å². The predicted octanol–water partition coefficient (Wildman–Crippen LogP) is 0.0810. The Kier molecular flexibility index (Phi) is 4.74. The minimum atomic E-state index is -4.71. The second-order valence-corrected chi connectivity index (χ2v) is 6.50. The molecule has 9 heteroatoms. The van der Waals surface area contributed by atoms with Crippen molar-refractivity contribution in [2.24, 2.45) is 0 Å². The Hall–Kier alpha value is -1.96. The number of ketones is 1. The molecule has 0 heterocycles. The standard InChI is InChI=1S/C14H16NO7P/c16-10-3-1-9(2-4-10)8-14(18,19)12-6-5-11(17)7-13(12)15-23(20,21)22/h1-6,16,18-19H,7-8H2,(H3,15,20,21,22). The lowest BCUT2D eigenvalue weighted by molar-refractivity contribution is -0.125. The van der Waals surface area contributed by atoms with Gasteiger partial charge in [-0.25, -0.2) is 4.57 Å². The monoisotopic (exact) mass is 341 g/mol. The molecule has 6 N–H and O–H groups in total. The molecule has 0 amide bonds. The Balaban J connectivity index is 2.35. The van der Waals surface area contributed by atoms with Crippen LogP contribution in [0.1, 0.15) is 12.0 Å². The molecular formula is C14H16NO7P. The third kappa shape index (κ3) is 4.75. The predicted molar refractivity (Wildman–Crippen MR) is 79.9 cm³/mol. The SMILES string of the molecule is O=C1C=CC(C(O)(O)Cc2ccc(O)cc2)=C(NP(=O)(O)O)C1. The number of allylic oxidation sites excluding steroid dienone is 2. The van der Waals surface area contributed by atoms with Crippen LogP contribution in [0.2, 0.25) is 0 Å². The second kappa shape index (κ2) is 6.27. The molecule has 23 heavy (non-hydrogen) atoms. The van der Waals surface area contributed by atoms with Gasteiger partial charge in [-0.2, -0.15) is 0 Å². The summed E-state index contributed by atoms with van der Waals surface area (Å²) in [4.78, 5) is 29.4. The number of rotatable bonds is 5. The van der Waals surface area contributed by atoms with E-state index in [0.717, 1.165) is 12.2 Å². The minimum absolute atomic E-state index is 0.0152. The molecule has 2 rings (SSSR count). The highest BCUT2D eigenvalue weighted by molar-refractivity contribution is 7.49. The maximum absolute atomic E-state index is 11.4. The van der Waals surface area contributed by atoms with Crippen LogP contribution < -0.4 is 5.09 Å². The van der Waals surface area contributed by atoms with Crippen molar-refractivity contribution in [3.8, 4) is 5.75 Å². The second-order valence-electron chi connectivity index (χ2n) is 5.18. The fraction of sp³-hybridized carbons (Fsp3) is 0.214. The summed E-state index contributed by atoms with van der Waals surface area (Å²) >= 11 is 0. The van der Waals surface area contributed by atoms with E-state index in [9.17, 15) is 24.7 Å². The van der Waals surface area contributed by atoms with E-state index in [1.54, 1.807) is 0 Å².